The van der Waals surface area contributed by atoms with E-state index in [4.69, 9.17) is 0 Å². The number of amides is 2. The summed E-state index contributed by atoms with van der Waals surface area (Å²) in [6.07, 6.45) is 0.931. The van der Waals surface area contributed by atoms with Crippen LogP contribution in [0.5, 0.6) is 0 Å². The van der Waals surface area contributed by atoms with Crippen LogP contribution in [0.15, 0.2) is 36.5 Å². The third-order valence-corrected chi connectivity index (χ3v) is 3.71. The second kappa shape index (κ2) is 7.11. The van der Waals surface area contributed by atoms with Crippen LogP contribution in [-0.4, -0.2) is 28.0 Å². The first-order valence-corrected chi connectivity index (χ1v) is 7.35. The SMILES string of the molecule is Cc1cccc(C)c1NC(=O)C(=O)NCC(O)c1cccn1C. The molecule has 3 N–H and O–H groups in total. The van der Waals surface area contributed by atoms with Gasteiger partial charge >= 0.3 is 11.8 Å². The molecule has 0 aliphatic heterocycles. The zero-order valence-corrected chi connectivity index (χ0v) is 13.5. The van der Waals surface area contributed by atoms with Crippen molar-refractivity contribution in [3.63, 3.8) is 0 Å². The minimum atomic E-state index is -0.869. The van der Waals surface area contributed by atoms with Crippen molar-refractivity contribution in [2.24, 2.45) is 7.05 Å². The van der Waals surface area contributed by atoms with Gasteiger partial charge in [0, 0.05) is 31.2 Å². The summed E-state index contributed by atoms with van der Waals surface area (Å²) in [5.41, 5.74) is 3.07. The van der Waals surface area contributed by atoms with E-state index in [-0.39, 0.29) is 6.54 Å². The van der Waals surface area contributed by atoms with Gasteiger partial charge in [-0.25, -0.2) is 0 Å². The van der Waals surface area contributed by atoms with Crippen molar-refractivity contribution in [2.75, 3.05) is 11.9 Å². The highest BCUT2D eigenvalue weighted by Gasteiger charge is 2.18. The number of aromatic nitrogens is 1. The Bertz CT molecular complexity index is 701. The first-order chi connectivity index (χ1) is 10.9. The Hall–Kier alpha value is -2.60. The van der Waals surface area contributed by atoms with Crippen molar-refractivity contribution in [3.05, 3.63) is 53.3 Å². The second-order valence-electron chi connectivity index (χ2n) is 5.49. The lowest BCUT2D eigenvalue weighted by molar-refractivity contribution is -0.136. The average molecular weight is 315 g/mol. The van der Waals surface area contributed by atoms with Crippen LogP contribution in [0.2, 0.25) is 0 Å². The first kappa shape index (κ1) is 16.8. The van der Waals surface area contributed by atoms with Crippen molar-refractivity contribution in [1.29, 1.82) is 0 Å². The third-order valence-electron chi connectivity index (χ3n) is 3.71. The predicted molar refractivity (Wildman–Crippen MR) is 87.9 cm³/mol. The molecule has 0 saturated carbocycles. The number of carbonyl (C=O) groups is 2. The lowest BCUT2D eigenvalue weighted by atomic mass is 10.1. The van der Waals surface area contributed by atoms with Gasteiger partial charge in [-0.05, 0) is 37.1 Å². The number of nitrogens with one attached hydrogen (secondary N) is 2. The molecule has 1 unspecified atom stereocenters. The van der Waals surface area contributed by atoms with Gasteiger partial charge < -0.3 is 20.3 Å². The summed E-state index contributed by atoms with van der Waals surface area (Å²) in [5, 5.41) is 15.1. The molecular formula is C17H21N3O3. The van der Waals surface area contributed by atoms with Crippen molar-refractivity contribution in [1.82, 2.24) is 9.88 Å². The molecule has 6 heteroatoms. The number of carbonyl (C=O) groups excluding carboxylic acids is 2. The van der Waals surface area contributed by atoms with Gasteiger partial charge in [0.05, 0.1) is 0 Å². The molecule has 23 heavy (non-hydrogen) atoms. The lowest BCUT2D eigenvalue weighted by Gasteiger charge is -2.14. The molecule has 0 bridgehead atoms. The smallest absolute Gasteiger partial charge is 0.313 e. The van der Waals surface area contributed by atoms with Crippen molar-refractivity contribution < 1.29 is 14.7 Å². The lowest BCUT2D eigenvalue weighted by Crippen LogP contribution is -2.38. The monoisotopic (exact) mass is 315 g/mol. The third kappa shape index (κ3) is 3.98. The Balaban J connectivity index is 1.93. The topological polar surface area (TPSA) is 83.4 Å². The number of nitrogens with zero attached hydrogens (tertiary/aromatic N) is 1. The van der Waals surface area contributed by atoms with E-state index in [0.29, 0.717) is 11.4 Å². The molecule has 2 rings (SSSR count). The highest BCUT2D eigenvalue weighted by molar-refractivity contribution is 6.39. The average Bonchev–Trinajstić information content (AvgIpc) is 2.94. The van der Waals surface area contributed by atoms with E-state index in [1.165, 1.54) is 0 Å². The standard InChI is InChI=1S/C17H21N3O3/c1-11-6-4-7-12(2)15(11)19-17(23)16(22)18-10-14(21)13-8-5-9-20(13)3/h4-9,14,21H,10H2,1-3H3,(H,18,22)(H,19,23). The molecule has 0 aliphatic rings. The summed E-state index contributed by atoms with van der Waals surface area (Å²) >= 11 is 0. The predicted octanol–water partition coefficient (Wildman–Crippen LogP) is 1.43. The molecule has 2 aromatic rings. The van der Waals surface area contributed by atoms with E-state index >= 15 is 0 Å². The van der Waals surface area contributed by atoms with Gasteiger partial charge in [0.1, 0.15) is 6.10 Å². The number of benzene rings is 1. The largest absolute Gasteiger partial charge is 0.385 e. The van der Waals surface area contributed by atoms with Crippen molar-refractivity contribution >= 4 is 17.5 Å². The molecule has 122 valence electrons. The van der Waals surface area contributed by atoms with Crippen molar-refractivity contribution in [2.45, 2.75) is 20.0 Å². The molecule has 0 spiro atoms. The van der Waals surface area contributed by atoms with Gasteiger partial charge in [-0.15, -0.1) is 0 Å². The van der Waals surface area contributed by atoms with Crippen LogP contribution in [0.4, 0.5) is 5.69 Å². The van der Waals surface area contributed by atoms with E-state index in [9.17, 15) is 14.7 Å². The van der Waals surface area contributed by atoms with Crippen LogP contribution in [0.3, 0.4) is 0 Å². The number of hydrogen-bond acceptors (Lipinski definition) is 3. The van der Waals surface area contributed by atoms with Crippen molar-refractivity contribution in [3.8, 4) is 0 Å². The number of aliphatic hydroxyl groups excluding tert-OH is 1. The van der Waals surface area contributed by atoms with Gasteiger partial charge in [-0.2, -0.15) is 0 Å². The van der Waals surface area contributed by atoms with Crippen LogP contribution in [-0.2, 0) is 16.6 Å². The normalized spacial score (nSPS) is 11.8. The summed E-state index contributed by atoms with van der Waals surface area (Å²) in [6.45, 7) is 3.69. The fraction of sp³-hybridized carbons (Fsp3) is 0.294. The molecule has 2 amide bonds. The molecule has 0 radical (unpaired) electrons. The van der Waals surface area contributed by atoms with Crippen LogP contribution in [0, 0.1) is 13.8 Å². The van der Waals surface area contributed by atoms with Gasteiger partial charge in [0.2, 0.25) is 0 Å². The van der Waals surface area contributed by atoms with Gasteiger partial charge in [-0.3, -0.25) is 9.59 Å². The maximum Gasteiger partial charge on any atom is 0.313 e. The number of para-hydroxylation sites is 1. The van der Waals surface area contributed by atoms with E-state index in [2.05, 4.69) is 10.6 Å². The summed E-state index contributed by atoms with van der Waals surface area (Å²) in [7, 11) is 1.80. The molecule has 1 aromatic carbocycles. The minimum Gasteiger partial charge on any atom is -0.385 e. The second-order valence-corrected chi connectivity index (χ2v) is 5.49. The Morgan fingerprint density at radius 2 is 1.78 bits per heavy atom. The Morgan fingerprint density at radius 3 is 2.35 bits per heavy atom. The number of hydrogen-bond donors (Lipinski definition) is 3. The quantitative estimate of drug-likeness (QED) is 0.746. The number of rotatable bonds is 4. The maximum atomic E-state index is 12.0. The Labute approximate surface area is 135 Å². The molecule has 1 heterocycles. The van der Waals surface area contributed by atoms with E-state index in [1.54, 1.807) is 29.9 Å². The number of aliphatic hydroxyl groups is 1. The zero-order valence-electron chi connectivity index (χ0n) is 13.5. The highest BCUT2D eigenvalue weighted by atomic mass is 16.3. The molecule has 0 saturated heterocycles. The molecule has 0 fully saturated rings. The van der Waals surface area contributed by atoms with Crippen LogP contribution < -0.4 is 10.6 Å². The van der Waals surface area contributed by atoms with Gasteiger partial charge in [0.15, 0.2) is 0 Å². The Morgan fingerprint density at radius 1 is 1.13 bits per heavy atom. The fourth-order valence-electron chi connectivity index (χ4n) is 2.38. The summed E-state index contributed by atoms with van der Waals surface area (Å²) in [5.74, 6) is -1.53. The first-order valence-electron chi connectivity index (χ1n) is 7.35. The van der Waals surface area contributed by atoms with Crippen LogP contribution in [0.1, 0.15) is 22.9 Å². The number of anilines is 1. The summed E-state index contributed by atoms with van der Waals surface area (Å²) in [6, 6.07) is 9.16. The van der Waals surface area contributed by atoms with Gasteiger partial charge in [-0.1, -0.05) is 18.2 Å². The summed E-state index contributed by atoms with van der Waals surface area (Å²) in [4.78, 5) is 23.9. The van der Waals surface area contributed by atoms with E-state index < -0.39 is 17.9 Å². The highest BCUT2D eigenvalue weighted by Crippen LogP contribution is 2.19. The molecule has 1 atom stereocenters. The molecule has 1 aromatic heterocycles. The molecule has 0 aliphatic carbocycles. The number of aryl methyl sites for hydroxylation is 3. The Kier molecular flexibility index (Phi) is 5.18. The molecular weight excluding hydrogens is 294 g/mol. The van der Waals surface area contributed by atoms with Crippen LogP contribution >= 0.6 is 0 Å². The van der Waals surface area contributed by atoms with Gasteiger partial charge in [0.25, 0.3) is 0 Å². The zero-order chi connectivity index (χ0) is 17.0. The van der Waals surface area contributed by atoms with Crippen LogP contribution in [0.25, 0.3) is 0 Å². The summed E-state index contributed by atoms with van der Waals surface area (Å²) < 4.78 is 1.76. The molecule has 6 nitrogen and oxygen atoms in total. The van der Waals surface area contributed by atoms with E-state index in [1.807, 2.05) is 32.0 Å². The minimum absolute atomic E-state index is 0.0309. The fourth-order valence-corrected chi connectivity index (χ4v) is 2.38. The van der Waals surface area contributed by atoms with E-state index in [0.717, 1.165) is 11.1 Å². The maximum absolute atomic E-state index is 12.0.